The Morgan fingerprint density at radius 1 is 1.13 bits per heavy atom. The van der Waals surface area contributed by atoms with Crippen LogP contribution in [0.3, 0.4) is 0 Å². The first kappa shape index (κ1) is 16.9. The Hall–Kier alpha value is -2.47. The van der Waals surface area contributed by atoms with Gasteiger partial charge in [-0.25, -0.2) is 4.79 Å². The summed E-state index contributed by atoms with van der Waals surface area (Å²) in [6.07, 6.45) is 0.404. The predicted octanol–water partition coefficient (Wildman–Crippen LogP) is 2.22. The zero-order valence-electron chi connectivity index (χ0n) is 12.7. The molecule has 0 saturated heterocycles. The average molecular weight is 331 g/mol. The predicted molar refractivity (Wildman–Crippen MR) is 87.4 cm³/mol. The Kier molecular flexibility index (Phi) is 6.05. The second kappa shape index (κ2) is 8.24. The molecule has 0 unspecified atom stereocenters. The summed E-state index contributed by atoms with van der Waals surface area (Å²) in [7, 11) is 0. The van der Waals surface area contributed by atoms with Gasteiger partial charge in [0.25, 0.3) is 5.91 Å². The van der Waals surface area contributed by atoms with E-state index < -0.39 is 24.5 Å². The van der Waals surface area contributed by atoms with Crippen molar-refractivity contribution >= 4 is 29.0 Å². The number of carbonyl (C=O) groups excluding carboxylic acids is 3. The molecule has 0 radical (unpaired) electrons. The fourth-order valence-corrected chi connectivity index (χ4v) is 2.60. The van der Waals surface area contributed by atoms with Crippen LogP contribution in [0.5, 0.6) is 0 Å². The van der Waals surface area contributed by atoms with Crippen molar-refractivity contribution in [2.45, 2.75) is 19.4 Å². The largest absolute Gasteiger partial charge is 0.451 e. The molecule has 5 nitrogen and oxygen atoms in total. The van der Waals surface area contributed by atoms with Gasteiger partial charge in [-0.2, -0.15) is 0 Å². The molecular weight excluding hydrogens is 314 g/mol. The lowest BCUT2D eigenvalue weighted by atomic mass is 10.0. The Labute approximate surface area is 138 Å². The highest BCUT2D eigenvalue weighted by molar-refractivity contribution is 7.11. The van der Waals surface area contributed by atoms with E-state index in [1.807, 2.05) is 30.3 Å². The van der Waals surface area contributed by atoms with E-state index in [-0.39, 0.29) is 5.78 Å². The second-order valence-corrected chi connectivity index (χ2v) is 5.92. The molecular formula is C17H17NO4S. The van der Waals surface area contributed by atoms with E-state index in [0.717, 1.165) is 5.56 Å². The van der Waals surface area contributed by atoms with Gasteiger partial charge in [-0.15, -0.1) is 11.3 Å². The lowest BCUT2D eigenvalue weighted by Crippen LogP contribution is -2.43. The van der Waals surface area contributed by atoms with Crippen molar-refractivity contribution in [3.8, 4) is 0 Å². The summed E-state index contributed by atoms with van der Waals surface area (Å²) >= 11 is 1.24. The zero-order chi connectivity index (χ0) is 16.7. The van der Waals surface area contributed by atoms with Gasteiger partial charge < -0.3 is 10.1 Å². The van der Waals surface area contributed by atoms with Gasteiger partial charge in [-0.1, -0.05) is 36.4 Å². The number of hydrogen-bond donors (Lipinski definition) is 1. The van der Waals surface area contributed by atoms with Crippen molar-refractivity contribution in [2.75, 3.05) is 6.61 Å². The minimum atomic E-state index is -0.634. The molecule has 23 heavy (non-hydrogen) atoms. The number of nitrogens with one attached hydrogen (secondary N) is 1. The van der Waals surface area contributed by atoms with Gasteiger partial charge in [0, 0.05) is 0 Å². The van der Waals surface area contributed by atoms with Crippen LogP contribution in [0.4, 0.5) is 0 Å². The third-order valence-corrected chi connectivity index (χ3v) is 4.02. The molecule has 1 atom stereocenters. The molecule has 1 aromatic heterocycles. The van der Waals surface area contributed by atoms with Crippen LogP contribution >= 0.6 is 11.3 Å². The normalized spacial score (nSPS) is 11.5. The summed E-state index contributed by atoms with van der Waals surface area (Å²) < 4.78 is 4.93. The van der Waals surface area contributed by atoms with E-state index in [9.17, 15) is 14.4 Å². The van der Waals surface area contributed by atoms with Crippen LogP contribution in [0, 0.1) is 0 Å². The number of hydrogen-bond acceptors (Lipinski definition) is 5. The highest BCUT2D eigenvalue weighted by atomic mass is 32.1. The number of rotatable bonds is 7. The van der Waals surface area contributed by atoms with E-state index in [1.54, 1.807) is 17.5 Å². The smallest absolute Gasteiger partial charge is 0.348 e. The van der Waals surface area contributed by atoms with Crippen LogP contribution in [0.25, 0.3) is 0 Å². The number of ether oxygens (including phenoxy) is 1. The monoisotopic (exact) mass is 331 g/mol. The maximum absolute atomic E-state index is 11.9. The first-order valence-electron chi connectivity index (χ1n) is 7.10. The summed E-state index contributed by atoms with van der Waals surface area (Å²) in [5.74, 6) is -1.18. The third kappa shape index (κ3) is 5.34. The molecule has 120 valence electrons. The minimum Gasteiger partial charge on any atom is -0.451 e. The summed E-state index contributed by atoms with van der Waals surface area (Å²) in [6, 6.07) is 12.1. The Balaban J connectivity index is 1.86. The van der Waals surface area contributed by atoms with Crippen molar-refractivity contribution in [2.24, 2.45) is 0 Å². The maximum atomic E-state index is 11.9. The first-order chi connectivity index (χ1) is 11.1. The quantitative estimate of drug-likeness (QED) is 0.790. The van der Waals surface area contributed by atoms with E-state index in [4.69, 9.17) is 4.74 Å². The number of ketones is 1. The number of esters is 1. The number of benzene rings is 1. The van der Waals surface area contributed by atoms with Gasteiger partial charge in [-0.05, 0) is 30.4 Å². The molecule has 0 spiro atoms. The topological polar surface area (TPSA) is 72.5 Å². The van der Waals surface area contributed by atoms with Crippen molar-refractivity contribution in [3.05, 3.63) is 58.3 Å². The van der Waals surface area contributed by atoms with Crippen molar-refractivity contribution in [1.29, 1.82) is 0 Å². The Bertz CT molecular complexity index is 667. The maximum Gasteiger partial charge on any atom is 0.348 e. The van der Waals surface area contributed by atoms with Gasteiger partial charge in [0.05, 0.1) is 6.04 Å². The van der Waals surface area contributed by atoms with Gasteiger partial charge in [0.15, 0.2) is 12.4 Å². The van der Waals surface area contributed by atoms with E-state index >= 15 is 0 Å². The fourth-order valence-electron chi connectivity index (χ4n) is 1.98. The highest BCUT2D eigenvalue weighted by Crippen LogP contribution is 2.09. The van der Waals surface area contributed by atoms with Crippen LogP contribution < -0.4 is 5.32 Å². The molecule has 0 aliphatic rings. The fraction of sp³-hybridized carbons (Fsp3) is 0.235. The number of amides is 1. The zero-order valence-corrected chi connectivity index (χ0v) is 13.5. The molecule has 1 amide bonds. The molecule has 2 rings (SSSR count). The lowest BCUT2D eigenvalue weighted by Gasteiger charge is -2.16. The Morgan fingerprint density at radius 3 is 2.48 bits per heavy atom. The van der Waals surface area contributed by atoms with Gasteiger partial charge in [0.1, 0.15) is 4.88 Å². The van der Waals surface area contributed by atoms with Crippen LogP contribution in [-0.2, 0) is 20.7 Å². The van der Waals surface area contributed by atoms with Crippen LogP contribution in [-0.4, -0.2) is 30.3 Å². The van der Waals surface area contributed by atoms with Crippen LogP contribution in [0.15, 0.2) is 47.8 Å². The Morgan fingerprint density at radius 2 is 1.87 bits per heavy atom. The third-order valence-electron chi connectivity index (χ3n) is 3.17. The molecule has 2 aromatic rings. The second-order valence-electron chi connectivity index (χ2n) is 4.97. The molecule has 1 aromatic carbocycles. The minimum absolute atomic E-state index is 0.146. The molecule has 0 aliphatic carbocycles. The van der Waals surface area contributed by atoms with Crippen molar-refractivity contribution in [1.82, 2.24) is 5.32 Å². The molecule has 1 heterocycles. The summed E-state index contributed by atoms with van der Waals surface area (Å²) in [4.78, 5) is 35.7. The van der Waals surface area contributed by atoms with Crippen molar-refractivity contribution in [3.63, 3.8) is 0 Å². The van der Waals surface area contributed by atoms with Gasteiger partial charge in [0.2, 0.25) is 0 Å². The molecule has 0 bridgehead atoms. The number of thiophene rings is 1. The molecule has 0 aliphatic heterocycles. The average Bonchev–Trinajstić information content (AvgIpc) is 3.07. The van der Waals surface area contributed by atoms with E-state index in [2.05, 4.69) is 5.32 Å². The number of Topliss-reactive ketones (excluding diaryl/α,β-unsaturated/α-hetero) is 1. The summed E-state index contributed by atoms with van der Waals surface area (Å²) in [6.45, 7) is 1.01. The highest BCUT2D eigenvalue weighted by Gasteiger charge is 2.19. The van der Waals surface area contributed by atoms with E-state index in [0.29, 0.717) is 11.3 Å². The van der Waals surface area contributed by atoms with Crippen LogP contribution in [0.2, 0.25) is 0 Å². The van der Waals surface area contributed by atoms with Gasteiger partial charge >= 0.3 is 5.97 Å². The van der Waals surface area contributed by atoms with Crippen molar-refractivity contribution < 1.29 is 19.1 Å². The van der Waals surface area contributed by atoms with Gasteiger partial charge in [-0.3, -0.25) is 9.59 Å². The molecule has 0 saturated carbocycles. The molecule has 6 heteroatoms. The van der Waals surface area contributed by atoms with Crippen LogP contribution in [0.1, 0.15) is 22.2 Å². The lowest BCUT2D eigenvalue weighted by molar-refractivity contribution is -0.128. The summed E-state index contributed by atoms with van der Waals surface area (Å²) in [5, 5.41) is 4.36. The SMILES string of the molecule is CC(=O)[C@H](Cc1ccccc1)NC(=O)COC(=O)c1cccs1. The standard InChI is InChI=1S/C17H17NO4S/c1-12(19)14(10-13-6-3-2-4-7-13)18-16(20)11-22-17(21)15-8-5-9-23-15/h2-9,14H,10-11H2,1H3,(H,18,20)/t14-/m0/s1. The molecule has 0 fully saturated rings. The van der Waals surface area contributed by atoms with E-state index in [1.165, 1.54) is 18.3 Å². The number of carbonyl (C=O) groups is 3. The summed E-state index contributed by atoms with van der Waals surface area (Å²) in [5.41, 5.74) is 0.948. The molecule has 1 N–H and O–H groups in total. The first-order valence-corrected chi connectivity index (χ1v) is 7.98.